The van der Waals surface area contributed by atoms with E-state index in [2.05, 4.69) is 95.2 Å². The van der Waals surface area contributed by atoms with Crippen molar-refractivity contribution < 1.29 is 43.7 Å². The van der Waals surface area contributed by atoms with Crippen molar-refractivity contribution >= 4 is 34.8 Å². The molecule has 0 unspecified atom stereocenters. The number of aromatic amines is 5. The van der Waals surface area contributed by atoms with Crippen LogP contribution < -0.4 is 50.7 Å². The van der Waals surface area contributed by atoms with Crippen LogP contribution in [-0.2, 0) is 0 Å². The van der Waals surface area contributed by atoms with Crippen LogP contribution in [0.25, 0.3) is 61.8 Å². The van der Waals surface area contributed by atoms with Gasteiger partial charge in [0.1, 0.15) is 23.3 Å². The van der Waals surface area contributed by atoms with Crippen LogP contribution in [0, 0.1) is 13.5 Å². The van der Waals surface area contributed by atoms with Gasteiger partial charge in [-0.05, 0) is 30.1 Å². The molecule has 0 aliphatic rings. The molecule has 13 aromatic rings. The Morgan fingerprint density at radius 1 is 0.369 bits per heavy atom. The van der Waals surface area contributed by atoms with E-state index in [1.54, 1.807) is 27.3 Å². The summed E-state index contributed by atoms with van der Waals surface area (Å²) >= 11 is 16.5. The molecule has 0 spiro atoms. The Morgan fingerprint density at radius 3 is 0.937 bits per heavy atom. The third kappa shape index (κ3) is 35.2. The topological polar surface area (TPSA) is 435 Å². The quantitative estimate of drug-likeness (QED) is 0.0339. The molecule has 0 fully saturated rings. The molecule has 35 heteroatoms. The van der Waals surface area contributed by atoms with Crippen LogP contribution in [0.5, 0.6) is 52.0 Å². The third-order valence-electron chi connectivity index (χ3n) is 12.1. The SMILES string of the molecule is CC.CC.CC.CC.COc1cnc(-c2ccccc2)[nH]c1=O.COc1cnc(-c2ccccc2)nc1OC.COc1cnc(Cl)nc1Cl.COc1cnc(Cl)nc1OC.Cc1nn[nH]n1.O=c1[nH]c(-c2ccccc2)ncc1O.O=c1[nH]c(-c2ccccc2)ncc1O.O=c1[nH]c(-c2ccccc2)ncc1O.[C-]#[N+]C. The van der Waals surface area contributed by atoms with Crippen molar-refractivity contribution in [2.75, 3.05) is 49.7 Å². The van der Waals surface area contributed by atoms with E-state index < -0.39 is 16.7 Å². The summed E-state index contributed by atoms with van der Waals surface area (Å²) in [6.07, 6.45) is 9.31. The van der Waals surface area contributed by atoms with Gasteiger partial charge in [0.15, 0.2) is 51.3 Å². The van der Waals surface area contributed by atoms with Crippen molar-refractivity contribution in [3.05, 3.63) is 269 Å². The molecule has 13 rings (SSSR count). The van der Waals surface area contributed by atoms with Crippen molar-refractivity contribution in [2.24, 2.45) is 0 Å². The highest BCUT2D eigenvalue weighted by Gasteiger charge is 2.11. The van der Waals surface area contributed by atoms with E-state index in [-0.39, 0.29) is 44.3 Å². The lowest BCUT2D eigenvalue weighted by Crippen LogP contribution is -2.11. The van der Waals surface area contributed by atoms with Gasteiger partial charge in [-0.1, -0.05) is 224 Å². The zero-order valence-corrected chi connectivity index (χ0v) is 66.1. The predicted molar refractivity (Wildman–Crippen MR) is 429 cm³/mol. The van der Waals surface area contributed by atoms with Crippen LogP contribution in [0.15, 0.2) is 214 Å². The van der Waals surface area contributed by atoms with Gasteiger partial charge in [0.25, 0.3) is 34.0 Å². The van der Waals surface area contributed by atoms with Crippen LogP contribution >= 0.6 is 34.8 Å². The molecule has 0 amide bonds. The number of rotatable bonds is 11. The average Bonchev–Trinajstić information content (AvgIpc) is 0.959. The second-order valence-electron chi connectivity index (χ2n) is 19.0. The first-order chi connectivity index (χ1) is 53.8. The van der Waals surface area contributed by atoms with E-state index >= 15 is 0 Å². The van der Waals surface area contributed by atoms with Crippen molar-refractivity contribution in [1.29, 1.82) is 0 Å². The first kappa shape index (κ1) is 95.5. The zero-order chi connectivity index (χ0) is 82.9. The van der Waals surface area contributed by atoms with Crippen LogP contribution in [-0.4, -0.2) is 155 Å². The Labute approximate surface area is 655 Å². The third-order valence-corrected chi connectivity index (χ3v) is 12.8. The summed E-state index contributed by atoms with van der Waals surface area (Å²) in [7, 11) is 10.5. The molecule has 8 aromatic heterocycles. The van der Waals surface area contributed by atoms with E-state index in [1.165, 1.54) is 54.1 Å². The molecule has 8 heterocycles. The minimum atomic E-state index is -0.529. The number of aryl methyl sites for hydroxylation is 1. The number of aromatic nitrogens is 18. The summed E-state index contributed by atoms with van der Waals surface area (Å²) in [5.74, 6) is 4.51. The number of aromatic hydroxyl groups is 3. The normalized spacial score (nSPS) is 9.10. The number of ether oxygens (including phenoxy) is 6. The number of hydrogen-bond acceptors (Lipinski definition) is 26. The molecule has 0 saturated heterocycles. The Balaban J connectivity index is 0.000000628. The van der Waals surface area contributed by atoms with Crippen LogP contribution in [0.1, 0.15) is 61.2 Å². The Morgan fingerprint density at radius 2 is 0.658 bits per heavy atom. The highest BCUT2D eigenvalue weighted by molar-refractivity contribution is 6.32. The van der Waals surface area contributed by atoms with Crippen LogP contribution in [0.2, 0.25) is 15.7 Å². The van der Waals surface area contributed by atoms with Gasteiger partial charge < -0.3 is 68.5 Å². The number of tetrazole rings is 1. The lowest BCUT2D eigenvalue weighted by Gasteiger charge is -2.07. The molecule has 111 heavy (non-hydrogen) atoms. The number of hydrogen-bond donors (Lipinski definition) is 8. The zero-order valence-electron chi connectivity index (χ0n) is 63.8. The highest BCUT2D eigenvalue weighted by atomic mass is 35.5. The van der Waals surface area contributed by atoms with Gasteiger partial charge in [-0.3, -0.25) is 19.2 Å². The number of benzene rings is 5. The van der Waals surface area contributed by atoms with Crippen LogP contribution in [0.3, 0.4) is 0 Å². The smallest absolute Gasteiger partial charge is 0.293 e. The van der Waals surface area contributed by atoms with E-state index in [1.807, 2.05) is 207 Å². The molecular weight excluding hydrogens is 1490 g/mol. The van der Waals surface area contributed by atoms with E-state index in [0.717, 1.165) is 46.4 Å². The number of methoxy groups -OCH3 is 6. The summed E-state index contributed by atoms with van der Waals surface area (Å²) in [5, 5.41) is 40.2. The van der Waals surface area contributed by atoms with Gasteiger partial charge in [0, 0.05) is 27.8 Å². The fraction of sp³-hybridized carbons (Fsp3) is 0.211. The molecule has 5 aromatic carbocycles. The fourth-order valence-corrected chi connectivity index (χ4v) is 7.84. The molecule has 0 radical (unpaired) electrons. The van der Waals surface area contributed by atoms with Gasteiger partial charge in [-0.15, -0.1) is 10.2 Å². The van der Waals surface area contributed by atoms with Gasteiger partial charge in [-0.2, -0.15) is 15.2 Å². The summed E-state index contributed by atoms with van der Waals surface area (Å²) in [4.78, 5) is 96.5. The van der Waals surface area contributed by atoms with Crippen molar-refractivity contribution in [1.82, 2.24) is 90.4 Å². The number of H-pyrrole nitrogens is 5. The average molecular weight is 1580 g/mol. The van der Waals surface area contributed by atoms with Gasteiger partial charge >= 0.3 is 0 Å². The maximum atomic E-state index is 11.4. The van der Waals surface area contributed by atoms with Crippen molar-refractivity contribution in [3.8, 4) is 109 Å². The maximum Gasteiger partial charge on any atom is 0.293 e. The first-order valence-electron chi connectivity index (χ1n) is 33.3. The second-order valence-corrected chi connectivity index (χ2v) is 20.0. The van der Waals surface area contributed by atoms with Crippen LogP contribution in [0.4, 0.5) is 0 Å². The number of nitrogens with one attached hydrogen (secondary N) is 5. The molecule has 0 bridgehead atoms. The van der Waals surface area contributed by atoms with E-state index in [0.29, 0.717) is 64.0 Å². The number of nitrogens with zero attached hydrogens (tertiary/aromatic N) is 14. The summed E-state index contributed by atoms with van der Waals surface area (Å²) in [6.45, 7) is 23.6. The van der Waals surface area contributed by atoms with Gasteiger partial charge in [-0.25, -0.2) is 46.4 Å². The Kier molecular flexibility index (Phi) is 48.8. The Bertz CT molecular complexity index is 4740. The van der Waals surface area contributed by atoms with Gasteiger partial charge in [0.2, 0.25) is 23.4 Å². The molecular formula is C76H88Cl3N19O13. The minimum absolute atomic E-state index is 0.116. The summed E-state index contributed by atoms with van der Waals surface area (Å²) < 4.78 is 29.6. The summed E-state index contributed by atoms with van der Waals surface area (Å²) in [6, 6.07) is 46.9. The molecule has 8 N–H and O–H groups in total. The first-order valence-corrected chi connectivity index (χ1v) is 34.4. The molecule has 0 atom stereocenters. The lowest BCUT2D eigenvalue weighted by atomic mass is 10.2. The molecule has 32 nitrogen and oxygen atoms in total. The van der Waals surface area contributed by atoms with Crippen molar-refractivity contribution in [3.63, 3.8) is 0 Å². The predicted octanol–water partition coefficient (Wildman–Crippen LogP) is 14.1. The monoisotopic (exact) mass is 1580 g/mol. The lowest BCUT2D eigenvalue weighted by molar-refractivity contribution is 0.341. The second kappa shape index (κ2) is 56.8. The molecule has 0 saturated carbocycles. The molecule has 0 aliphatic heterocycles. The number of halogens is 3. The largest absolute Gasteiger partial charge is 0.502 e. The van der Waals surface area contributed by atoms with E-state index in [4.69, 9.17) is 85.1 Å². The molecule has 586 valence electrons. The van der Waals surface area contributed by atoms with Crippen molar-refractivity contribution in [2.45, 2.75) is 62.3 Å². The minimum Gasteiger partial charge on any atom is -0.502 e. The van der Waals surface area contributed by atoms with Gasteiger partial charge in [0.05, 0.1) is 86.0 Å². The van der Waals surface area contributed by atoms with E-state index in [9.17, 15) is 19.2 Å². The fourth-order valence-electron chi connectivity index (χ4n) is 7.33. The standard InChI is InChI=1S/C12H12N2O2.C11H10N2O2.3C10H8N2O2.C6H7ClN2O2.C5H4Cl2N2O.C2H4N4.C2H3N.4C2H6/c1-15-10-8-13-11(14-12(10)16-2)9-6-4-3-5-7-9;1-15-9-7-12-10(13-11(9)14)8-5-3-2-4-6-8;3*13-8-6-11-9(12-10(8)14)7-4-2-1-3-5-7;1-10-4-3-8-6(7)9-5(4)11-2;1-10-3-2-8-5(7)9-4(3)6;1-2-3-5-6-4-2;1-3-2;4*1-2/h3-8H,1-2H3;2-7H,1H3,(H,12,13,14);3*1-6,13H,(H,11,12,14);3H,1-2H3;2H,1H3;1H3,(H,3,4,5,6);1H3;4*1-2H3. The maximum absolute atomic E-state index is 11.4. The Hall–Kier alpha value is -13.5. The highest BCUT2D eigenvalue weighted by Crippen LogP contribution is 2.27. The summed E-state index contributed by atoms with van der Waals surface area (Å²) in [5.41, 5.74) is 2.39. The molecule has 0 aliphatic carbocycles.